The molecule has 4 aromatic rings. The number of nitrogens with one attached hydrogen (secondary N) is 3. The first-order chi connectivity index (χ1) is 17.1. The van der Waals surface area contributed by atoms with Crippen molar-refractivity contribution in [3.8, 4) is 22.8 Å². The lowest BCUT2D eigenvalue weighted by molar-refractivity contribution is -0.114. The minimum absolute atomic E-state index is 0.111. The average Bonchev–Trinajstić information content (AvgIpc) is 3.54. The number of methoxy groups -OCH3 is 2. The zero-order chi connectivity index (χ0) is 24.4. The van der Waals surface area contributed by atoms with Gasteiger partial charge in [0.25, 0.3) is 0 Å². The third-order valence-electron chi connectivity index (χ3n) is 6.14. The number of aromatic nitrogens is 3. The van der Waals surface area contributed by atoms with Crippen molar-refractivity contribution in [2.75, 3.05) is 42.8 Å². The lowest BCUT2D eigenvalue weighted by atomic mass is 10.1. The Morgan fingerprint density at radius 3 is 2.63 bits per heavy atom. The van der Waals surface area contributed by atoms with Crippen molar-refractivity contribution < 1.29 is 14.3 Å². The molecule has 3 heterocycles. The molecule has 0 atom stereocenters. The molecular formula is C26H28N6O3. The fraction of sp³-hybridized carbons (Fsp3) is 0.269. The van der Waals surface area contributed by atoms with E-state index in [4.69, 9.17) is 14.5 Å². The average molecular weight is 473 g/mol. The van der Waals surface area contributed by atoms with Crippen molar-refractivity contribution in [3.63, 3.8) is 0 Å². The molecule has 9 nitrogen and oxygen atoms in total. The normalized spacial score (nSPS) is 13.2. The van der Waals surface area contributed by atoms with Crippen LogP contribution in [0.3, 0.4) is 0 Å². The smallest absolute Gasteiger partial charge is 0.227 e. The predicted molar refractivity (Wildman–Crippen MR) is 138 cm³/mol. The van der Waals surface area contributed by atoms with Gasteiger partial charge in [-0.1, -0.05) is 12.1 Å². The third kappa shape index (κ3) is 4.44. The number of anilines is 4. The van der Waals surface area contributed by atoms with Gasteiger partial charge in [-0.05, 0) is 37.1 Å². The van der Waals surface area contributed by atoms with E-state index in [9.17, 15) is 4.79 Å². The summed E-state index contributed by atoms with van der Waals surface area (Å²) in [4.78, 5) is 26.6. The highest BCUT2D eigenvalue weighted by atomic mass is 16.5. The molecule has 180 valence electrons. The maximum atomic E-state index is 11.8. The van der Waals surface area contributed by atoms with E-state index in [0.29, 0.717) is 17.4 Å². The number of hydrogen-bond acceptors (Lipinski definition) is 7. The monoisotopic (exact) mass is 472 g/mol. The van der Waals surface area contributed by atoms with Gasteiger partial charge >= 0.3 is 0 Å². The Bertz CT molecular complexity index is 1380. The fourth-order valence-corrected chi connectivity index (χ4v) is 4.53. The van der Waals surface area contributed by atoms with Gasteiger partial charge < -0.3 is 30.0 Å². The van der Waals surface area contributed by atoms with Gasteiger partial charge in [0.2, 0.25) is 11.9 Å². The van der Waals surface area contributed by atoms with Crippen LogP contribution < -0.4 is 25.0 Å². The number of amides is 1. The highest BCUT2D eigenvalue weighted by molar-refractivity contribution is 5.99. The number of carbonyl (C=O) groups is 1. The highest BCUT2D eigenvalue weighted by Crippen LogP contribution is 2.37. The van der Waals surface area contributed by atoms with Crippen LogP contribution >= 0.6 is 0 Å². The molecule has 0 aliphatic carbocycles. The van der Waals surface area contributed by atoms with Crippen LogP contribution in [0.2, 0.25) is 0 Å². The Labute approximate surface area is 203 Å². The molecule has 1 fully saturated rings. The van der Waals surface area contributed by atoms with Crippen LogP contribution in [-0.4, -0.2) is 48.2 Å². The van der Waals surface area contributed by atoms with Gasteiger partial charge in [-0.15, -0.1) is 0 Å². The quantitative estimate of drug-likeness (QED) is 0.350. The van der Waals surface area contributed by atoms with Crippen molar-refractivity contribution in [2.24, 2.45) is 0 Å². The van der Waals surface area contributed by atoms with E-state index >= 15 is 0 Å². The van der Waals surface area contributed by atoms with Gasteiger partial charge in [-0.3, -0.25) is 4.79 Å². The fourth-order valence-electron chi connectivity index (χ4n) is 4.53. The van der Waals surface area contributed by atoms with Crippen LogP contribution in [0, 0.1) is 0 Å². The number of rotatable bonds is 7. The zero-order valence-electron chi connectivity index (χ0n) is 20.0. The largest absolute Gasteiger partial charge is 0.495 e. The molecule has 0 spiro atoms. The van der Waals surface area contributed by atoms with Crippen molar-refractivity contribution in [2.45, 2.75) is 19.8 Å². The topological polar surface area (TPSA) is 104 Å². The SMILES string of the molecule is COc1cnc(Nc2ccc(N3CCCC3)c(NC(C)=O)c2)nc1-c1c[nH]c2c(OC)cccc12. The van der Waals surface area contributed by atoms with E-state index in [1.165, 1.54) is 6.92 Å². The second-order valence-corrected chi connectivity index (χ2v) is 8.43. The standard InChI is InChI=1S/C26H28N6O3/c1-16(33)29-20-13-17(9-10-21(20)32-11-4-5-12-32)30-26-28-15-23(35-3)25(31-26)19-14-27-24-18(19)7-6-8-22(24)34-2/h6-10,13-15,27H,4-5,11-12H2,1-3H3,(H,29,33)(H,28,30,31). The van der Waals surface area contributed by atoms with E-state index in [1.807, 2.05) is 42.6 Å². The maximum absolute atomic E-state index is 11.8. The second-order valence-electron chi connectivity index (χ2n) is 8.43. The Morgan fingerprint density at radius 1 is 1.09 bits per heavy atom. The van der Waals surface area contributed by atoms with E-state index in [0.717, 1.165) is 65.2 Å². The molecule has 35 heavy (non-hydrogen) atoms. The molecule has 0 saturated carbocycles. The summed E-state index contributed by atoms with van der Waals surface area (Å²) >= 11 is 0. The predicted octanol–water partition coefficient (Wildman–Crippen LogP) is 4.94. The molecule has 1 saturated heterocycles. The molecule has 0 unspecified atom stereocenters. The lowest BCUT2D eigenvalue weighted by Gasteiger charge is -2.22. The second kappa shape index (κ2) is 9.54. The zero-order valence-corrected chi connectivity index (χ0v) is 20.0. The van der Waals surface area contributed by atoms with Crippen LogP contribution in [0.25, 0.3) is 22.2 Å². The number of para-hydroxylation sites is 1. The summed E-state index contributed by atoms with van der Waals surface area (Å²) in [6.07, 6.45) is 5.85. The Morgan fingerprint density at radius 2 is 1.89 bits per heavy atom. The summed E-state index contributed by atoms with van der Waals surface area (Å²) in [5.41, 5.74) is 4.98. The number of carbonyl (C=O) groups excluding carboxylic acids is 1. The minimum Gasteiger partial charge on any atom is -0.495 e. The first-order valence-electron chi connectivity index (χ1n) is 11.6. The minimum atomic E-state index is -0.111. The van der Waals surface area contributed by atoms with Crippen LogP contribution in [-0.2, 0) is 4.79 Å². The molecule has 0 bridgehead atoms. The van der Waals surface area contributed by atoms with Gasteiger partial charge in [0.15, 0.2) is 5.75 Å². The number of hydrogen-bond donors (Lipinski definition) is 3. The van der Waals surface area contributed by atoms with Gasteiger partial charge in [0, 0.05) is 42.8 Å². The Hall–Kier alpha value is -4.27. The molecule has 1 aliphatic rings. The Kier molecular flexibility index (Phi) is 6.13. The molecule has 1 amide bonds. The number of aromatic amines is 1. The molecule has 2 aromatic heterocycles. The van der Waals surface area contributed by atoms with E-state index in [-0.39, 0.29) is 5.91 Å². The van der Waals surface area contributed by atoms with E-state index in [1.54, 1.807) is 20.4 Å². The van der Waals surface area contributed by atoms with Gasteiger partial charge in [0.1, 0.15) is 11.4 Å². The number of benzene rings is 2. The molecule has 9 heteroatoms. The molecule has 0 radical (unpaired) electrons. The van der Waals surface area contributed by atoms with Gasteiger partial charge in [-0.2, -0.15) is 0 Å². The first-order valence-corrected chi connectivity index (χ1v) is 11.6. The maximum Gasteiger partial charge on any atom is 0.227 e. The van der Waals surface area contributed by atoms with Crippen LogP contribution in [0.15, 0.2) is 48.8 Å². The number of H-pyrrole nitrogens is 1. The van der Waals surface area contributed by atoms with E-state index < -0.39 is 0 Å². The molecule has 5 rings (SSSR count). The summed E-state index contributed by atoms with van der Waals surface area (Å²) < 4.78 is 11.0. The molecular weight excluding hydrogens is 444 g/mol. The summed E-state index contributed by atoms with van der Waals surface area (Å²) in [5.74, 6) is 1.62. The molecule has 1 aliphatic heterocycles. The summed E-state index contributed by atoms with van der Waals surface area (Å²) in [6.45, 7) is 3.49. The summed E-state index contributed by atoms with van der Waals surface area (Å²) in [7, 11) is 3.24. The first kappa shape index (κ1) is 22.5. The van der Waals surface area contributed by atoms with Crippen molar-refractivity contribution in [1.29, 1.82) is 0 Å². The van der Waals surface area contributed by atoms with Crippen LogP contribution in [0.5, 0.6) is 11.5 Å². The van der Waals surface area contributed by atoms with Crippen molar-refractivity contribution in [3.05, 3.63) is 48.8 Å². The van der Waals surface area contributed by atoms with Gasteiger partial charge in [-0.25, -0.2) is 9.97 Å². The lowest BCUT2D eigenvalue weighted by Crippen LogP contribution is -2.20. The van der Waals surface area contributed by atoms with Crippen molar-refractivity contribution in [1.82, 2.24) is 15.0 Å². The molecule has 3 N–H and O–H groups in total. The molecule has 2 aromatic carbocycles. The van der Waals surface area contributed by atoms with Gasteiger partial charge in [0.05, 0.1) is 37.3 Å². The number of nitrogens with zero attached hydrogens (tertiary/aromatic N) is 3. The number of ether oxygens (including phenoxy) is 2. The summed E-state index contributed by atoms with van der Waals surface area (Å²) in [6, 6.07) is 11.8. The van der Waals surface area contributed by atoms with E-state index in [2.05, 4.69) is 25.5 Å². The number of fused-ring (bicyclic) bond motifs is 1. The van der Waals surface area contributed by atoms with Crippen LogP contribution in [0.4, 0.5) is 23.0 Å². The van der Waals surface area contributed by atoms with Crippen molar-refractivity contribution >= 4 is 39.8 Å². The van der Waals surface area contributed by atoms with Crippen LogP contribution in [0.1, 0.15) is 19.8 Å². The highest BCUT2D eigenvalue weighted by Gasteiger charge is 2.19. The Balaban J connectivity index is 1.50. The summed E-state index contributed by atoms with van der Waals surface area (Å²) in [5, 5.41) is 7.21. The third-order valence-corrected chi connectivity index (χ3v) is 6.14.